The van der Waals surface area contributed by atoms with Crippen molar-refractivity contribution in [2.75, 3.05) is 0 Å². The van der Waals surface area contributed by atoms with Crippen molar-refractivity contribution < 1.29 is 12.8 Å². The molecule has 2 N–H and O–H groups in total. The zero-order valence-corrected chi connectivity index (χ0v) is 12.5. The summed E-state index contributed by atoms with van der Waals surface area (Å²) in [4.78, 5) is 0. The second-order valence-corrected chi connectivity index (χ2v) is 6.86. The second kappa shape index (κ2) is 4.61. The first-order chi connectivity index (χ1) is 9.39. The maximum absolute atomic E-state index is 14.1. The molecule has 9 heteroatoms. The van der Waals surface area contributed by atoms with Crippen molar-refractivity contribution in [1.29, 1.82) is 0 Å². The Morgan fingerprint density at radius 3 is 2.65 bits per heavy atom. The Kier molecular flexibility index (Phi) is 3.14. The van der Waals surface area contributed by atoms with Gasteiger partial charge in [-0.15, -0.1) is 10.2 Å². The van der Waals surface area contributed by atoms with Crippen LogP contribution in [0.2, 0.25) is 0 Å². The van der Waals surface area contributed by atoms with E-state index in [1.54, 1.807) is 12.1 Å². The number of hydrogen-bond acceptors (Lipinski definition) is 4. The van der Waals surface area contributed by atoms with E-state index < -0.39 is 15.8 Å². The largest absolute Gasteiger partial charge is 0.294 e. The number of hydrogen-bond donors (Lipinski definition) is 1. The lowest BCUT2D eigenvalue weighted by Crippen LogP contribution is -2.18. The molecule has 1 aromatic heterocycles. The second-order valence-electron chi connectivity index (χ2n) is 4.55. The van der Waals surface area contributed by atoms with Crippen molar-refractivity contribution in [3.8, 4) is 11.4 Å². The van der Waals surface area contributed by atoms with Crippen LogP contribution in [-0.4, -0.2) is 23.2 Å². The van der Waals surface area contributed by atoms with Crippen LogP contribution in [0, 0.1) is 5.82 Å². The molecule has 1 heterocycles. The number of halogens is 2. The van der Waals surface area contributed by atoms with Gasteiger partial charge in [0.15, 0.2) is 5.82 Å². The van der Waals surface area contributed by atoms with Crippen molar-refractivity contribution in [2.45, 2.75) is 24.0 Å². The molecule has 0 amide bonds. The van der Waals surface area contributed by atoms with Gasteiger partial charge in [0.1, 0.15) is 5.82 Å². The predicted octanol–water partition coefficient (Wildman–Crippen LogP) is 1.83. The van der Waals surface area contributed by atoms with E-state index in [-0.39, 0.29) is 27.1 Å². The van der Waals surface area contributed by atoms with Gasteiger partial charge in [-0.2, -0.15) is 0 Å². The lowest BCUT2D eigenvalue weighted by molar-refractivity contribution is 0.566. The number of rotatable bonds is 3. The number of primary sulfonamides is 1. The summed E-state index contributed by atoms with van der Waals surface area (Å²) in [6.45, 7) is 0. The third-order valence-corrected chi connectivity index (χ3v) is 4.42. The van der Waals surface area contributed by atoms with Gasteiger partial charge in [0, 0.05) is 6.04 Å². The monoisotopic (exact) mass is 360 g/mol. The van der Waals surface area contributed by atoms with Gasteiger partial charge >= 0.3 is 0 Å². The third-order valence-electron chi connectivity index (χ3n) is 3.02. The number of aromatic nitrogens is 3. The summed E-state index contributed by atoms with van der Waals surface area (Å²) in [5, 5.41) is 12.2. The van der Waals surface area contributed by atoms with Crippen LogP contribution >= 0.6 is 15.9 Å². The Labute approximate surface area is 123 Å². The molecule has 1 aromatic carbocycles. The lowest BCUT2D eigenvalue weighted by atomic mass is 10.2. The molecule has 106 valence electrons. The highest BCUT2D eigenvalue weighted by Gasteiger charge is 2.34. The quantitative estimate of drug-likeness (QED) is 0.903. The zero-order chi connectivity index (χ0) is 14.5. The SMILES string of the molecule is NS(=O)(=O)c1nnc(-c2cccc(Br)c2F)n1C1CC1. The molecule has 1 saturated carbocycles. The van der Waals surface area contributed by atoms with E-state index in [1.165, 1.54) is 10.6 Å². The van der Waals surface area contributed by atoms with Crippen molar-refractivity contribution in [3.05, 3.63) is 28.5 Å². The predicted molar refractivity (Wildman–Crippen MR) is 72.8 cm³/mol. The molecule has 2 aromatic rings. The average molecular weight is 361 g/mol. The van der Waals surface area contributed by atoms with Crippen LogP contribution in [0.5, 0.6) is 0 Å². The normalized spacial score (nSPS) is 15.6. The van der Waals surface area contributed by atoms with Gasteiger partial charge < -0.3 is 0 Å². The molecule has 0 unspecified atom stereocenters. The fourth-order valence-electron chi connectivity index (χ4n) is 1.99. The van der Waals surface area contributed by atoms with Gasteiger partial charge in [0.05, 0.1) is 10.0 Å². The van der Waals surface area contributed by atoms with E-state index in [4.69, 9.17) is 5.14 Å². The molecule has 20 heavy (non-hydrogen) atoms. The van der Waals surface area contributed by atoms with Gasteiger partial charge in [0.2, 0.25) is 0 Å². The number of sulfonamides is 1. The molecule has 0 radical (unpaired) electrons. The van der Waals surface area contributed by atoms with Crippen LogP contribution in [0.3, 0.4) is 0 Å². The Bertz CT molecular complexity index is 786. The average Bonchev–Trinajstić information content (AvgIpc) is 3.10. The molecule has 6 nitrogen and oxygen atoms in total. The van der Waals surface area contributed by atoms with Crippen LogP contribution < -0.4 is 5.14 Å². The van der Waals surface area contributed by atoms with Crippen molar-refractivity contribution in [2.24, 2.45) is 5.14 Å². The smallest absolute Gasteiger partial charge is 0.273 e. The van der Waals surface area contributed by atoms with E-state index in [1.807, 2.05) is 0 Å². The molecular formula is C11H10BrFN4O2S. The molecule has 1 fully saturated rings. The van der Waals surface area contributed by atoms with Crippen molar-refractivity contribution >= 4 is 26.0 Å². The number of nitrogens with zero attached hydrogens (tertiary/aromatic N) is 3. The topological polar surface area (TPSA) is 90.9 Å². The Balaban J connectivity index is 2.25. The van der Waals surface area contributed by atoms with E-state index in [2.05, 4.69) is 26.1 Å². The molecule has 0 atom stereocenters. The first-order valence-electron chi connectivity index (χ1n) is 5.81. The molecule has 1 aliphatic rings. The lowest BCUT2D eigenvalue weighted by Gasteiger charge is -2.08. The highest BCUT2D eigenvalue weighted by Crippen LogP contribution is 2.40. The minimum atomic E-state index is -3.99. The highest BCUT2D eigenvalue weighted by molar-refractivity contribution is 9.10. The van der Waals surface area contributed by atoms with Crippen LogP contribution in [0.4, 0.5) is 4.39 Å². The molecular weight excluding hydrogens is 351 g/mol. The number of nitrogens with two attached hydrogens (primary N) is 1. The highest BCUT2D eigenvalue weighted by atomic mass is 79.9. The van der Waals surface area contributed by atoms with Gasteiger partial charge in [-0.05, 0) is 40.9 Å². The molecule has 1 aliphatic carbocycles. The zero-order valence-electron chi connectivity index (χ0n) is 10.1. The summed E-state index contributed by atoms with van der Waals surface area (Å²) in [7, 11) is -3.99. The summed E-state index contributed by atoms with van der Waals surface area (Å²) in [5.41, 5.74) is 0.189. The van der Waals surface area contributed by atoms with Crippen LogP contribution in [0.15, 0.2) is 27.8 Å². The summed E-state index contributed by atoms with van der Waals surface area (Å²) in [5.74, 6) is -0.335. The summed E-state index contributed by atoms with van der Waals surface area (Å²) < 4.78 is 38.9. The molecule has 3 rings (SSSR count). The van der Waals surface area contributed by atoms with Crippen LogP contribution in [0.25, 0.3) is 11.4 Å². The maximum Gasteiger partial charge on any atom is 0.273 e. The van der Waals surface area contributed by atoms with Gasteiger partial charge in [-0.1, -0.05) is 6.07 Å². The van der Waals surface area contributed by atoms with E-state index in [9.17, 15) is 12.8 Å². The standard InChI is InChI=1S/C11H10BrFN4O2S/c12-8-3-1-2-7(9(8)13)10-15-16-11(20(14,18)19)17(10)6-4-5-6/h1-3,6H,4-5H2,(H2,14,18,19). The molecule has 0 aliphatic heterocycles. The summed E-state index contributed by atoms with van der Waals surface area (Å²) in [6, 6.07) is 4.67. The van der Waals surface area contributed by atoms with E-state index in [0.717, 1.165) is 12.8 Å². The van der Waals surface area contributed by atoms with Crippen LogP contribution in [-0.2, 0) is 10.0 Å². The van der Waals surface area contributed by atoms with Gasteiger partial charge in [0.25, 0.3) is 15.2 Å². The summed E-state index contributed by atoms with van der Waals surface area (Å²) in [6.07, 6.45) is 1.59. The summed E-state index contributed by atoms with van der Waals surface area (Å²) >= 11 is 3.09. The third kappa shape index (κ3) is 2.25. The minimum Gasteiger partial charge on any atom is -0.294 e. The first-order valence-corrected chi connectivity index (χ1v) is 8.15. The number of benzene rings is 1. The first kappa shape index (κ1) is 13.7. The van der Waals surface area contributed by atoms with Crippen LogP contribution in [0.1, 0.15) is 18.9 Å². The van der Waals surface area contributed by atoms with Crippen molar-refractivity contribution in [1.82, 2.24) is 14.8 Å². The Morgan fingerprint density at radius 2 is 2.05 bits per heavy atom. The Morgan fingerprint density at radius 1 is 1.35 bits per heavy atom. The molecule has 0 saturated heterocycles. The van der Waals surface area contributed by atoms with E-state index >= 15 is 0 Å². The van der Waals surface area contributed by atoms with Gasteiger partial charge in [-0.25, -0.2) is 17.9 Å². The molecule has 0 bridgehead atoms. The Hall–Kier alpha value is -1.32. The van der Waals surface area contributed by atoms with Crippen molar-refractivity contribution in [3.63, 3.8) is 0 Å². The fourth-order valence-corrected chi connectivity index (χ4v) is 3.02. The van der Waals surface area contributed by atoms with Gasteiger partial charge in [-0.3, -0.25) is 4.57 Å². The maximum atomic E-state index is 14.1. The minimum absolute atomic E-state index is 0.0493. The van der Waals surface area contributed by atoms with E-state index in [0.29, 0.717) is 0 Å². The fraction of sp³-hybridized carbons (Fsp3) is 0.273. The molecule has 0 spiro atoms.